The first-order chi connectivity index (χ1) is 12.6. The van der Waals surface area contributed by atoms with Crippen molar-refractivity contribution < 1.29 is 4.79 Å². The number of piperidine rings is 1. The second-order valence-corrected chi connectivity index (χ2v) is 8.55. The zero-order valence-corrected chi connectivity index (χ0v) is 15.9. The SMILES string of the molecule is CC[C@]12CCCN3CCc4c(n(c5ccccc45)C(CNC(C)=O)C1)[C@@H]32. The van der Waals surface area contributed by atoms with Crippen LogP contribution in [0.25, 0.3) is 10.9 Å². The number of amides is 1. The number of hydrogen-bond acceptors (Lipinski definition) is 2. The van der Waals surface area contributed by atoms with Crippen LogP contribution < -0.4 is 5.32 Å². The molecule has 1 unspecified atom stereocenters. The Labute approximate surface area is 155 Å². The van der Waals surface area contributed by atoms with Gasteiger partial charge in [-0.15, -0.1) is 0 Å². The van der Waals surface area contributed by atoms with E-state index in [-0.39, 0.29) is 5.91 Å². The third-order valence-electron chi connectivity index (χ3n) is 7.33. The van der Waals surface area contributed by atoms with Gasteiger partial charge in [-0.3, -0.25) is 9.69 Å². The van der Waals surface area contributed by atoms with Crippen LogP contribution in [0, 0.1) is 5.41 Å². The number of fused-ring (bicyclic) bond motifs is 3. The van der Waals surface area contributed by atoms with Crippen LogP contribution in [0.1, 0.15) is 62.9 Å². The van der Waals surface area contributed by atoms with E-state index in [0.29, 0.717) is 17.5 Å². The molecule has 2 aromatic rings. The van der Waals surface area contributed by atoms with Gasteiger partial charge in [0.25, 0.3) is 0 Å². The molecule has 3 aliphatic heterocycles. The van der Waals surface area contributed by atoms with Gasteiger partial charge in [-0.05, 0) is 55.7 Å². The van der Waals surface area contributed by atoms with Crippen molar-refractivity contribution in [1.82, 2.24) is 14.8 Å². The molecule has 1 aromatic heterocycles. The molecule has 1 aromatic carbocycles. The monoisotopic (exact) mass is 351 g/mol. The number of carbonyl (C=O) groups is 1. The number of benzene rings is 1. The Balaban J connectivity index is 1.74. The third-order valence-corrected chi connectivity index (χ3v) is 7.33. The van der Waals surface area contributed by atoms with Gasteiger partial charge in [0.05, 0.1) is 12.1 Å². The lowest BCUT2D eigenvalue weighted by atomic mass is 9.63. The number of carbonyl (C=O) groups excluding carboxylic acids is 1. The summed E-state index contributed by atoms with van der Waals surface area (Å²) < 4.78 is 2.61. The first-order valence-corrected chi connectivity index (χ1v) is 10.2. The van der Waals surface area contributed by atoms with Gasteiger partial charge >= 0.3 is 0 Å². The van der Waals surface area contributed by atoms with Crippen molar-refractivity contribution >= 4 is 16.8 Å². The molecule has 3 aliphatic rings. The average molecular weight is 351 g/mol. The highest BCUT2D eigenvalue weighted by Crippen LogP contribution is 2.59. The molecule has 0 bridgehead atoms. The number of para-hydroxylation sites is 1. The molecule has 4 heteroatoms. The number of nitrogens with one attached hydrogen (secondary N) is 1. The Morgan fingerprint density at radius 1 is 1.31 bits per heavy atom. The molecule has 4 nitrogen and oxygen atoms in total. The van der Waals surface area contributed by atoms with Crippen molar-refractivity contribution in [3.8, 4) is 0 Å². The summed E-state index contributed by atoms with van der Waals surface area (Å²) in [6.07, 6.45) is 6.20. The molecule has 1 fully saturated rings. The van der Waals surface area contributed by atoms with Gasteiger partial charge in [0, 0.05) is 36.6 Å². The first kappa shape index (κ1) is 16.4. The minimum atomic E-state index is 0.0771. The zero-order valence-electron chi connectivity index (χ0n) is 15.9. The maximum atomic E-state index is 11.6. The highest BCUT2D eigenvalue weighted by Gasteiger charge is 2.52. The van der Waals surface area contributed by atoms with E-state index in [1.54, 1.807) is 18.2 Å². The van der Waals surface area contributed by atoms with Gasteiger partial charge in [-0.1, -0.05) is 25.1 Å². The normalized spacial score (nSPS) is 30.2. The van der Waals surface area contributed by atoms with E-state index >= 15 is 0 Å². The van der Waals surface area contributed by atoms with Gasteiger partial charge < -0.3 is 9.88 Å². The van der Waals surface area contributed by atoms with E-state index < -0.39 is 0 Å². The van der Waals surface area contributed by atoms with E-state index in [4.69, 9.17) is 0 Å². The topological polar surface area (TPSA) is 37.3 Å². The summed E-state index contributed by atoms with van der Waals surface area (Å²) in [6.45, 7) is 7.20. The van der Waals surface area contributed by atoms with Gasteiger partial charge in [-0.2, -0.15) is 0 Å². The van der Waals surface area contributed by atoms with Crippen molar-refractivity contribution in [2.75, 3.05) is 19.6 Å². The highest BCUT2D eigenvalue weighted by atomic mass is 16.1. The average Bonchev–Trinajstić information content (AvgIpc) is 3.00. The molecule has 0 aliphatic carbocycles. The smallest absolute Gasteiger partial charge is 0.216 e. The molecule has 1 N–H and O–H groups in total. The molecule has 26 heavy (non-hydrogen) atoms. The summed E-state index contributed by atoms with van der Waals surface area (Å²) >= 11 is 0. The predicted octanol–water partition coefficient (Wildman–Crippen LogP) is 3.81. The van der Waals surface area contributed by atoms with Gasteiger partial charge in [0.15, 0.2) is 0 Å². The molecule has 1 amide bonds. The van der Waals surface area contributed by atoms with Crippen molar-refractivity contribution in [3.05, 3.63) is 35.5 Å². The maximum absolute atomic E-state index is 11.6. The molecule has 138 valence electrons. The van der Waals surface area contributed by atoms with E-state index in [2.05, 4.69) is 46.0 Å². The van der Waals surface area contributed by atoms with Gasteiger partial charge in [0.2, 0.25) is 5.91 Å². The summed E-state index contributed by atoms with van der Waals surface area (Å²) in [6, 6.07) is 9.84. The Morgan fingerprint density at radius 3 is 2.96 bits per heavy atom. The third kappa shape index (κ3) is 2.14. The molecular formula is C22H29N3O. The molecule has 1 saturated heterocycles. The predicted molar refractivity (Wildman–Crippen MR) is 104 cm³/mol. The number of nitrogens with zero attached hydrogens (tertiary/aromatic N) is 2. The molecule has 4 heterocycles. The highest BCUT2D eigenvalue weighted by molar-refractivity contribution is 5.86. The lowest BCUT2D eigenvalue weighted by Gasteiger charge is -2.57. The molecule has 3 atom stereocenters. The number of hydrogen-bond donors (Lipinski definition) is 1. The summed E-state index contributed by atoms with van der Waals surface area (Å²) in [5, 5.41) is 4.56. The fraction of sp³-hybridized carbons (Fsp3) is 0.591. The van der Waals surface area contributed by atoms with Crippen LogP contribution in [0.15, 0.2) is 24.3 Å². The van der Waals surface area contributed by atoms with Crippen LogP contribution in [0.4, 0.5) is 0 Å². The molecule has 0 saturated carbocycles. The fourth-order valence-corrected chi connectivity index (χ4v) is 6.27. The van der Waals surface area contributed by atoms with Crippen molar-refractivity contribution in [2.45, 2.75) is 58.0 Å². The summed E-state index contributed by atoms with van der Waals surface area (Å²) in [5.41, 5.74) is 4.88. The zero-order chi connectivity index (χ0) is 17.9. The van der Waals surface area contributed by atoms with Crippen LogP contribution >= 0.6 is 0 Å². The molecule has 5 rings (SSSR count). The van der Waals surface area contributed by atoms with Crippen LogP contribution in [-0.4, -0.2) is 35.0 Å². The molecular weight excluding hydrogens is 322 g/mol. The van der Waals surface area contributed by atoms with Crippen molar-refractivity contribution in [3.63, 3.8) is 0 Å². The second-order valence-electron chi connectivity index (χ2n) is 8.55. The minimum Gasteiger partial charge on any atom is -0.354 e. The summed E-state index contributed by atoms with van der Waals surface area (Å²) in [4.78, 5) is 14.4. The lowest BCUT2D eigenvalue weighted by molar-refractivity contribution is -0.119. The van der Waals surface area contributed by atoms with Crippen LogP contribution in [0.5, 0.6) is 0 Å². The van der Waals surface area contributed by atoms with Crippen molar-refractivity contribution in [1.29, 1.82) is 0 Å². The Bertz CT molecular complexity index is 870. The molecule has 0 radical (unpaired) electrons. The van der Waals surface area contributed by atoms with Gasteiger partial charge in [0.1, 0.15) is 0 Å². The summed E-state index contributed by atoms with van der Waals surface area (Å²) in [5.74, 6) is 0.0771. The Hall–Kier alpha value is -1.81. The second kappa shape index (κ2) is 5.85. The van der Waals surface area contributed by atoms with E-state index in [9.17, 15) is 4.79 Å². The quantitative estimate of drug-likeness (QED) is 0.913. The largest absolute Gasteiger partial charge is 0.354 e. The standard InChI is InChI=1S/C22H29N3O/c1-3-22-10-6-11-24-12-9-18-17-7-4-5-8-19(17)25(20(18)21(22)24)16(13-22)14-23-15(2)26/h4-5,7-8,16,21H,3,6,9-14H2,1-2H3,(H,23,26)/t16?,21-,22+/m1/s1. The van der Waals surface area contributed by atoms with Crippen LogP contribution in [0.2, 0.25) is 0 Å². The maximum Gasteiger partial charge on any atom is 0.216 e. The van der Waals surface area contributed by atoms with Crippen LogP contribution in [-0.2, 0) is 11.2 Å². The van der Waals surface area contributed by atoms with Crippen molar-refractivity contribution in [2.24, 2.45) is 5.41 Å². The Kier molecular flexibility index (Phi) is 3.68. The van der Waals surface area contributed by atoms with E-state index in [1.165, 1.54) is 49.7 Å². The summed E-state index contributed by atoms with van der Waals surface area (Å²) in [7, 11) is 0. The van der Waals surface area contributed by atoms with Crippen LogP contribution in [0.3, 0.4) is 0 Å². The van der Waals surface area contributed by atoms with E-state index in [0.717, 1.165) is 13.0 Å². The first-order valence-electron chi connectivity index (χ1n) is 10.2. The Morgan fingerprint density at radius 2 is 2.15 bits per heavy atom. The number of rotatable bonds is 3. The molecule has 0 spiro atoms. The number of aromatic nitrogens is 1. The fourth-order valence-electron chi connectivity index (χ4n) is 6.27. The van der Waals surface area contributed by atoms with Gasteiger partial charge in [-0.25, -0.2) is 0 Å². The minimum absolute atomic E-state index is 0.0771. The lowest BCUT2D eigenvalue weighted by Crippen LogP contribution is -2.54. The van der Waals surface area contributed by atoms with E-state index in [1.807, 2.05) is 0 Å².